The predicted octanol–water partition coefficient (Wildman–Crippen LogP) is 5.04. The first-order chi connectivity index (χ1) is 14.9. The molecule has 0 aliphatic carbocycles. The number of nitrogens with zero attached hydrogens (tertiary/aromatic N) is 3. The summed E-state index contributed by atoms with van der Waals surface area (Å²) in [5.74, 6) is 0.499. The number of hydrogen-bond donors (Lipinski definition) is 2. The van der Waals surface area contributed by atoms with Crippen LogP contribution in [-0.4, -0.2) is 32.3 Å². The van der Waals surface area contributed by atoms with Gasteiger partial charge in [-0.1, -0.05) is 45.9 Å². The first kappa shape index (κ1) is 23.5. The largest absolute Gasteiger partial charge is 0.342 e. The van der Waals surface area contributed by atoms with Crippen LogP contribution in [0.4, 0.5) is 5.69 Å². The Labute approximate surface area is 201 Å². The van der Waals surface area contributed by atoms with Crippen LogP contribution in [0, 0.1) is 0 Å². The van der Waals surface area contributed by atoms with Crippen LogP contribution in [0.5, 0.6) is 0 Å². The van der Waals surface area contributed by atoms with E-state index in [4.69, 9.17) is 0 Å². The molecule has 0 aliphatic heterocycles. The summed E-state index contributed by atoms with van der Waals surface area (Å²) in [7, 11) is 0. The Morgan fingerprint density at radius 2 is 1.90 bits per heavy atom. The zero-order chi connectivity index (χ0) is 22.4. The lowest BCUT2D eigenvalue weighted by molar-refractivity contribution is -0.113. The van der Waals surface area contributed by atoms with Crippen molar-refractivity contribution in [3.63, 3.8) is 0 Å². The number of hydrogen-bond acceptors (Lipinski definition) is 5. The molecule has 0 saturated carbocycles. The molecule has 0 fully saturated rings. The Bertz CT molecular complexity index is 1090. The van der Waals surface area contributed by atoms with Gasteiger partial charge in [-0.05, 0) is 60.1 Å². The molecule has 10 heteroatoms. The summed E-state index contributed by atoms with van der Waals surface area (Å²) >= 11 is 8.09. The highest BCUT2D eigenvalue weighted by Gasteiger charge is 2.21. The van der Waals surface area contributed by atoms with E-state index in [9.17, 15) is 9.59 Å². The van der Waals surface area contributed by atoms with E-state index < -0.39 is 0 Å². The van der Waals surface area contributed by atoms with E-state index in [-0.39, 0.29) is 23.6 Å². The minimum atomic E-state index is -0.350. The molecule has 1 unspecified atom stereocenters. The molecule has 0 bridgehead atoms. The molecule has 3 rings (SSSR count). The molecule has 1 heterocycles. The van der Waals surface area contributed by atoms with Gasteiger partial charge < -0.3 is 15.2 Å². The molecule has 1 aromatic heterocycles. The van der Waals surface area contributed by atoms with E-state index in [1.165, 1.54) is 11.8 Å². The van der Waals surface area contributed by atoms with Gasteiger partial charge in [-0.2, -0.15) is 0 Å². The SMILES string of the molecule is CCn1c(SCC(=O)Nc2cccc(Br)c2)nnc1C(C)NC(=O)c1ccccc1Br. The highest BCUT2D eigenvalue weighted by molar-refractivity contribution is 9.10. The summed E-state index contributed by atoms with van der Waals surface area (Å²) in [5, 5.41) is 14.9. The number of rotatable bonds is 8. The molecule has 162 valence electrons. The molecular weight excluding hydrogens is 546 g/mol. The number of aromatic nitrogens is 3. The Morgan fingerprint density at radius 3 is 2.61 bits per heavy atom. The highest BCUT2D eigenvalue weighted by atomic mass is 79.9. The Hall–Kier alpha value is -2.17. The van der Waals surface area contributed by atoms with Crippen LogP contribution in [0.3, 0.4) is 0 Å². The van der Waals surface area contributed by atoms with Crippen LogP contribution in [0.1, 0.15) is 36.1 Å². The monoisotopic (exact) mass is 565 g/mol. The van der Waals surface area contributed by atoms with Gasteiger partial charge in [-0.15, -0.1) is 10.2 Å². The second-order valence-corrected chi connectivity index (χ2v) is 9.32. The second kappa shape index (κ2) is 10.9. The van der Waals surface area contributed by atoms with E-state index in [0.717, 1.165) is 14.6 Å². The van der Waals surface area contributed by atoms with Crippen molar-refractivity contribution in [3.05, 3.63) is 68.9 Å². The maximum absolute atomic E-state index is 12.6. The third kappa shape index (κ3) is 6.18. The summed E-state index contributed by atoms with van der Waals surface area (Å²) in [6.07, 6.45) is 0. The Kier molecular flexibility index (Phi) is 8.28. The smallest absolute Gasteiger partial charge is 0.253 e. The van der Waals surface area contributed by atoms with Gasteiger partial charge >= 0.3 is 0 Å². The summed E-state index contributed by atoms with van der Waals surface area (Å²) in [5.41, 5.74) is 1.27. The number of carbonyl (C=O) groups excluding carboxylic acids is 2. The van der Waals surface area contributed by atoms with Crippen molar-refractivity contribution in [1.82, 2.24) is 20.1 Å². The van der Waals surface area contributed by atoms with E-state index in [1.807, 2.05) is 60.9 Å². The van der Waals surface area contributed by atoms with Crippen LogP contribution in [0.25, 0.3) is 0 Å². The summed E-state index contributed by atoms with van der Waals surface area (Å²) in [6, 6.07) is 14.3. The zero-order valence-corrected chi connectivity index (χ0v) is 20.9. The average Bonchev–Trinajstić information content (AvgIpc) is 3.15. The lowest BCUT2D eigenvalue weighted by atomic mass is 10.2. The number of anilines is 1. The summed E-state index contributed by atoms with van der Waals surface area (Å²) in [6.45, 7) is 4.45. The minimum Gasteiger partial charge on any atom is -0.342 e. The third-order valence-electron chi connectivity index (χ3n) is 4.36. The Morgan fingerprint density at radius 1 is 1.13 bits per heavy atom. The maximum atomic E-state index is 12.6. The van der Waals surface area contributed by atoms with Crippen molar-refractivity contribution in [1.29, 1.82) is 0 Å². The molecule has 2 N–H and O–H groups in total. The standard InChI is InChI=1S/C21H21Br2N5O2S/c1-3-28-19(13(2)24-20(30)16-9-4-5-10-17(16)23)26-27-21(28)31-12-18(29)25-15-8-6-7-14(22)11-15/h4-11,13H,3,12H2,1-2H3,(H,24,30)(H,25,29). The van der Waals surface area contributed by atoms with Crippen molar-refractivity contribution < 1.29 is 9.59 Å². The molecule has 0 spiro atoms. The van der Waals surface area contributed by atoms with Gasteiger partial charge in [0.2, 0.25) is 5.91 Å². The van der Waals surface area contributed by atoms with Gasteiger partial charge in [0.05, 0.1) is 17.4 Å². The lowest BCUT2D eigenvalue weighted by Gasteiger charge is -2.15. The highest BCUT2D eigenvalue weighted by Crippen LogP contribution is 2.23. The molecule has 2 amide bonds. The number of thioether (sulfide) groups is 1. The predicted molar refractivity (Wildman–Crippen MR) is 129 cm³/mol. The first-order valence-corrected chi connectivity index (χ1v) is 12.1. The number of amides is 2. The fraction of sp³-hybridized carbons (Fsp3) is 0.238. The quantitative estimate of drug-likeness (QED) is 0.373. The van der Waals surface area contributed by atoms with Gasteiger partial charge in [0.25, 0.3) is 5.91 Å². The zero-order valence-electron chi connectivity index (χ0n) is 16.9. The molecule has 7 nitrogen and oxygen atoms in total. The maximum Gasteiger partial charge on any atom is 0.253 e. The van der Waals surface area contributed by atoms with Crippen molar-refractivity contribution in [2.45, 2.75) is 31.6 Å². The van der Waals surface area contributed by atoms with Gasteiger partial charge in [0, 0.05) is 21.2 Å². The number of halogens is 2. The molecule has 2 aromatic carbocycles. The van der Waals surface area contributed by atoms with Crippen LogP contribution in [0.2, 0.25) is 0 Å². The molecule has 0 radical (unpaired) electrons. The van der Waals surface area contributed by atoms with Gasteiger partial charge in [0.15, 0.2) is 11.0 Å². The molecule has 1 atom stereocenters. The topological polar surface area (TPSA) is 88.9 Å². The van der Waals surface area contributed by atoms with E-state index >= 15 is 0 Å². The van der Waals surface area contributed by atoms with Gasteiger partial charge in [-0.3, -0.25) is 9.59 Å². The molecular formula is C21H21Br2N5O2S. The van der Waals surface area contributed by atoms with Crippen LogP contribution < -0.4 is 10.6 Å². The normalized spacial score (nSPS) is 11.7. The molecule has 3 aromatic rings. The first-order valence-electron chi connectivity index (χ1n) is 9.55. The second-order valence-electron chi connectivity index (χ2n) is 6.61. The molecule has 0 aliphatic rings. The number of nitrogens with one attached hydrogen (secondary N) is 2. The van der Waals surface area contributed by atoms with Crippen LogP contribution >= 0.6 is 43.6 Å². The minimum absolute atomic E-state index is 0.134. The van der Waals surface area contributed by atoms with Crippen molar-refractivity contribution >= 4 is 61.1 Å². The third-order valence-corrected chi connectivity index (χ3v) is 6.51. The van der Waals surface area contributed by atoms with Gasteiger partial charge in [0.1, 0.15) is 0 Å². The van der Waals surface area contributed by atoms with Crippen molar-refractivity contribution in [3.8, 4) is 0 Å². The van der Waals surface area contributed by atoms with Crippen molar-refractivity contribution in [2.75, 3.05) is 11.1 Å². The summed E-state index contributed by atoms with van der Waals surface area (Å²) in [4.78, 5) is 24.9. The molecule has 0 saturated heterocycles. The average molecular weight is 567 g/mol. The fourth-order valence-corrected chi connectivity index (χ4v) is 4.58. The van der Waals surface area contributed by atoms with Crippen LogP contribution in [-0.2, 0) is 11.3 Å². The van der Waals surface area contributed by atoms with E-state index in [0.29, 0.717) is 23.1 Å². The summed E-state index contributed by atoms with van der Waals surface area (Å²) < 4.78 is 3.53. The van der Waals surface area contributed by atoms with Gasteiger partial charge in [-0.25, -0.2) is 0 Å². The fourth-order valence-electron chi connectivity index (χ4n) is 2.90. The molecule has 31 heavy (non-hydrogen) atoms. The lowest BCUT2D eigenvalue weighted by Crippen LogP contribution is -2.29. The van der Waals surface area contributed by atoms with Crippen LogP contribution in [0.15, 0.2) is 62.6 Å². The van der Waals surface area contributed by atoms with Crippen molar-refractivity contribution in [2.24, 2.45) is 0 Å². The number of carbonyl (C=O) groups is 2. The van der Waals surface area contributed by atoms with E-state index in [1.54, 1.807) is 6.07 Å². The van der Waals surface area contributed by atoms with E-state index in [2.05, 4.69) is 52.7 Å². The number of benzene rings is 2. The Balaban J connectivity index is 1.63.